The highest BCUT2D eigenvalue weighted by molar-refractivity contribution is 9.08. The summed E-state index contributed by atoms with van der Waals surface area (Å²) in [6.07, 6.45) is -14.6. The van der Waals surface area contributed by atoms with Crippen molar-refractivity contribution >= 4 is 21.8 Å². The van der Waals surface area contributed by atoms with Gasteiger partial charge in [0.05, 0.1) is 11.1 Å². The minimum Gasteiger partial charge on any atom is -0.428 e. The predicted molar refractivity (Wildman–Crippen MR) is 147 cm³/mol. The van der Waals surface area contributed by atoms with Gasteiger partial charge < -0.3 is 10.1 Å². The molecule has 0 heterocycles. The Hall–Kier alpha value is -4.00. The Morgan fingerprint density at radius 3 is 2.05 bits per heavy atom. The smallest absolute Gasteiger partial charge is 0.428 e. The van der Waals surface area contributed by atoms with Gasteiger partial charge in [0.25, 0.3) is 5.91 Å². The van der Waals surface area contributed by atoms with E-state index in [4.69, 9.17) is 0 Å². The number of hydrogen-bond donors (Lipinski definition) is 1. The summed E-state index contributed by atoms with van der Waals surface area (Å²) in [4.78, 5) is 13.6. The SMILES string of the molecule is O=C(N[C@](Cc1ccccc1)(c1ccc(CBr)cc1)c1cc(F)cc(OC(F)(F)C(F)F)c1)c1ccc(F)c(C(F)(F)F)c1. The van der Waals surface area contributed by atoms with Crippen molar-refractivity contribution in [3.63, 3.8) is 0 Å². The second kappa shape index (κ2) is 12.9. The first-order valence-corrected chi connectivity index (χ1v) is 13.8. The number of amides is 1. The molecule has 0 bridgehead atoms. The van der Waals surface area contributed by atoms with Crippen LogP contribution in [-0.2, 0) is 23.5 Å². The largest absolute Gasteiger partial charge is 0.461 e. The first kappa shape index (κ1) is 32.9. The highest BCUT2D eigenvalue weighted by atomic mass is 79.9. The lowest BCUT2D eigenvalue weighted by molar-refractivity contribution is -0.253. The van der Waals surface area contributed by atoms with Crippen LogP contribution in [0.15, 0.2) is 91.0 Å². The molecular formula is C31H21BrF9NO2. The molecule has 1 N–H and O–H groups in total. The average molecular weight is 690 g/mol. The number of halogens is 10. The van der Waals surface area contributed by atoms with Crippen molar-refractivity contribution in [3.05, 3.63) is 136 Å². The number of ether oxygens (including phenoxy) is 1. The number of benzene rings is 4. The second-order valence-electron chi connectivity index (χ2n) is 9.68. The molecule has 0 fully saturated rings. The Bertz CT molecular complexity index is 1610. The summed E-state index contributed by atoms with van der Waals surface area (Å²) in [7, 11) is 0. The van der Waals surface area contributed by atoms with Crippen LogP contribution < -0.4 is 10.1 Å². The third kappa shape index (κ3) is 7.37. The summed E-state index contributed by atoms with van der Waals surface area (Å²) in [5, 5.41) is 3.01. The first-order valence-electron chi connectivity index (χ1n) is 12.7. The van der Waals surface area contributed by atoms with Gasteiger partial charge in [-0.2, -0.15) is 30.7 Å². The molecule has 44 heavy (non-hydrogen) atoms. The van der Waals surface area contributed by atoms with Gasteiger partial charge >= 0.3 is 18.7 Å². The van der Waals surface area contributed by atoms with E-state index in [1.54, 1.807) is 42.5 Å². The third-order valence-electron chi connectivity index (χ3n) is 6.65. The van der Waals surface area contributed by atoms with Crippen LogP contribution in [0.3, 0.4) is 0 Å². The maximum absolute atomic E-state index is 15.0. The van der Waals surface area contributed by atoms with Crippen LogP contribution in [0.4, 0.5) is 39.5 Å². The van der Waals surface area contributed by atoms with Crippen molar-refractivity contribution in [1.29, 1.82) is 0 Å². The van der Waals surface area contributed by atoms with Gasteiger partial charge in [0.2, 0.25) is 0 Å². The average Bonchev–Trinajstić information content (AvgIpc) is 2.96. The Kier molecular flexibility index (Phi) is 9.67. The summed E-state index contributed by atoms with van der Waals surface area (Å²) >= 11 is 3.30. The summed E-state index contributed by atoms with van der Waals surface area (Å²) in [6.45, 7) is 0. The summed E-state index contributed by atoms with van der Waals surface area (Å²) < 4.78 is 127. The lowest BCUT2D eigenvalue weighted by Crippen LogP contribution is -2.48. The molecule has 0 saturated carbocycles. The van der Waals surface area contributed by atoms with Gasteiger partial charge in [-0.05, 0) is 52.6 Å². The van der Waals surface area contributed by atoms with E-state index in [1.165, 1.54) is 12.1 Å². The molecule has 4 rings (SSSR count). The third-order valence-corrected chi connectivity index (χ3v) is 7.29. The standard InChI is InChI=1S/C31H21BrF9NO2/c32-17-19-6-9-21(10-7-19)29(16-18-4-2-1-3-5-18,22-13-23(33)15-24(14-22)44-31(40,41)28(35)36)42-27(43)20-8-11-26(34)25(12-20)30(37,38)39/h1-15,28H,16-17H2,(H,42,43)/t29-/m1/s1. The monoisotopic (exact) mass is 689 g/mol. The molecule has 13 heteroatoms. The molecule has 0 radical (unpaired) electrons. The highest BCUT2D eigenvalue weighted by Crippen LogP contribution is 2.39. The first-order chi connectivity index (χ1) is 20.6. The molecule has 4 aromatic rings. The lowest BCUT2D eigenvalue weighted by atomic mass is 9.77. The summed E-state index contributed by atoms with van der Waals surface area (Å²) in [5.41, 5.74) is -3.05. The molecule has 1 amide bonds. The van der Waals surface area contributed by atoms with Gasteiger partial charge in [0.1, 0.15) is 17.4 Å². The van der Waals surface area contributed by atoms with Crippen LogP contribution in [0.5, 0.6) is 5.75 Å². The van der Waals surface area contributed by atoms with Gasteiger partial charge in [-0.3, -0.25) is 4.79 Å². The van der Waals surface area contributed by atoms with Crippen molar-refractivity contribution in [3.8, 4) is 5.75 Å². The molecule has 0 saturated heterocycles. The molecule has 3 nitrogen and oxygen atoms in total. The maximum Gasteiger partial charge on any atom is 0.461 e. The van der Waals surface area contributed by atoms with Crippen LogP contribution in [0.1, 0.15) is 38.2 Å². The minimum atomic E-state index is -5.14. The van der Waals surface area contributed by atoms with Crippen molar-refractivity contribution in [2.75, 3.05) is 0 Å². The van der Waals surface area contributed by atoms with E-state index in [1.807, 2.05) is 0 Å². The van der Waals surface area contributed by atoms with Crippen LogP contribution in [-0.4, -0.2) is 18.4 Å². The number of alkyl halides is 8. The molecule has 4 aromatic carbocycles. The van der Waals surface area contributed by atoms with Crippen LogP contribution >= 0.6 is 15.9 Å². The van der Waals surface area contributed by atoms with Crippen LogP contribution in [0, 0.1) is 11.6 Å². The molecule has 0 aromatic heterocycles. The zero-order valence-corrected chi connectivity index (χ0v) is 23.8. The van der Waals surface area contributed by atoms with E-state index in [-0.39, 0.29) is 17.5 Å². The number of carbonyl (C=O) groups excluding carboxylic acids is 1. The lowest BCUT2D eigenvalue weighted by Gasteiger charge is -2.37. The van der Waals surface area contributed by atoms with E-state index < -0.39 is 58.7 Å². The van der Waals surface area contributed by atoms with Crippen LogP contribution in [0.2, 0.25) is 0 Å². The normalized spacial score (nSPS) is 13.4. The van der Waals surface area contributed by atoms with E-state index in [9.17, 15) is 44.3 Å². The van der Waals surface area contributed by atoms with Crippen molar-refractivity contribution in [2.24, 2.45) is 0 Å². The molecule has 0 aliphatic rings. The molecule has 0 unspecified atom stereocenters. The maximum atomic E-state index is 15.0. The highest BCUT2D eigenvalue weighted by Gasteiger charge is 2.45. The number of rotatable bonds is 10. The second-order valence-corrected chi connectivity index (χ2v) is 10.2. The summed E-state index contributed by atoms with van der Waals surface area (Å²) in [5.74, 6) is -5.00. The quantitative estimate of drug-likeness (QED) is 0.133. The molecule has 232 valence electrons. The number of hydrogen-bond acceptors (Lipinski definition) is 2. The fourth-order valence-corrected chi connectivity index (χ4v) is 4.93. The van der Waals surface area contributed by atoms with E-state index in [2.05, 4.69) is 26.0 Å². The minimum absolute atomic E-state index is 0.217. The van der Waals surface area contributed by atoms with E-state index in [0.29, 0.717) is 29.1 Å². The Labute approximate surface area is 253 Å². The number of carbonyl (C=O) groups is 1. The molecule has 0 spiro atoms. The predicted octanol–water partition coefficient (Wildman–Crippen LogP) is 9.03. The molecule has 0 aliphatic heterocycles. The van der Waals surface area contributed by atoms with Crippen LogP contribution in [0.25, 0.3) is 0 Å². The van der Waals surface area contributed by atoms with Gasteiger partial charge in [-0.1, -0.05) is 70.5 Å². The van der Waals surface area contributed by atoms with Gasteiger partial charge in [0, 0.05) is 23.4 Å². The zero-order chi connectivity index (χ0) is 32.3. The van der Waals surface area contributed by atoms with Gasteiger partial charge in [-0.15, -0.1) is 0 Å². The van der Waals surface area contributed by atoms with Gasteiger partial charge in [-0.25, -0.2) is 8.78 Å². The molecule has 0 aliphatic carbocycles. The fraction of sp³-hybridized carbons (Fsp3) is 0.194. The summed E-state index contributed by atoms with van der Waals surface area (Å²) in [6, 6.07) is 18.2. The van der Waals surface area contributed by atoms with E-state index in [0.717, 1.165) is 23.8 Å². The number of nitrogens with one attached hydrogen (secondary N) is 1. The Balaban J connectivity index is 1.96. The topological polar surface area (TPSA) is 38.3 Å². The van der Waals surface area contributed by atoms with Crippen molar-refractivity contribution in [1.82, 2.24) is 5.32 Å². The molecular weight excluding hydrogens is 669 g/mol. The molecule has 1 atom stereocenters. The van der Waals surface area contributed by atoms with E-state index >= 15 is 0 Å². The van der Waals surface area contributed by atoms with Crippen molar-refractivity contribution in [2.45, 2.75) is 36.0 Å². The zero-order valence-electron chi connectivity index (χ0n) is 22.2. The fourth-order valence-electron chi connectivity index (χ4n) is 4.56. The Morgan fingerprint density at radius 2 is 1.45 bits per heavy atom. The van der Waals surface area contributed by atoms with Crippen molar-refractivity contribution < 1.29 is 49.0 Å². The Morgan fingerprint density at radius 1 is 0.795 bits per heavy atom. The van der Waals surface area contributed by atoms with Gasteiger partial charge in [0.15, 0.2) is 0 Å².